The molecule has 1 amide bonds. The van der Waals surface area contributed by atoms with Gasteiger partial charge in [-0.15, -0.1) is 0 Å². The van der Waals surface area contributed by atoms with Crippen LogP contribution in [0.4, 0.5) is 0 Å². The average molecular weight is 225 g/mol. The Labute approximate surface area is 95.6 Å². The van der Waals surface area contributed by atoms with Gasteiger partial charge in [0.15, 0.2) is 0 Å². The molecule has 0 atom stereocenters. The van der Waals surface area contributed by atoms with Gasteiger partial charge in [-0.3, -0.25) is 4.79 Å². The van der Waals surface area contributed by atoms with E-state index in [2.05, 4.69) is 34.2 Å². The van der Waals surface area contributed by atoms with Crippen LogP contribution in [0.25, 0.3) is 0 Å². The summed E-state index contributed by atoms with van der Waals surface area (Å²) in [4.78, 5) is 11.5. The first-order chi connectivity index (χ1) is 7.76. The first-order valence-corrected chi connectivity index (χ1v) is 5.65. The minimum absolute atomic E-state index is 0.0252. The van der Waals surface area contributed by atoms with E-state index in [1.165, 1.54) is 6.26 Å². The summed E-state index contributed by atoms with van der Waals surface area (Å²) in [6.07, 6.45) is 3.44. The van der Waals surface area contributed by atoms with E-state index in [-0.39, 0.29) is 11.9 Å². The molecule has 0 aliphatic carbocycles. The molecule has 0 saturated carbocycles. The molecule has 5 nitrogen and oxygen atoms in total. The predicted molar refractivity (Wildman–Crippen MR) is 60.7 cm³/mol. The van der Waals surface area contributed by atoms with Gasteiger partial charge in [0.25, 0.3) is 0 Å². The Bertz CT molecular complexity index is 294. The highest BCUT2D eigenvalue weighted by atomic mass is 16.5. The molecule has 0 aliphatic rings. The number of carbonyl (C=O) groups excluding carboxylic acids is 1. The maximum Gasteiger partial charge on any atom is 0.234 e. The lowest BCUT2D eigenvalue weighted by Crippen LogP contribution is -2.39. The Balaban J connectivity index is 2.15. The van der Waals surface area contributed by atoms with Gasteiger partial charge in [-0.2, -0.15) is 0 Å². The Morgan fingerprint density at radius 1 is 1.50 bits per heavy atom. The van der Waals surface area contributed by atoms with E-state index in [4.69, 9.17) is 0 Å². The number of nitrogens with one attached hydrogen (secondary N) is 2. The second-order valence-electron chi connectivity index (χ2n) is 3.68. The van der Waals surface area contributed by atoms with Gasteiger partial charge in [0.2, 0.25) is 5.91 Å². The second kappa shape index (κ2) is 7.00. The predicted octanol–water partition coefficient (Wildman–Crippen LogP) is 1.07. The van der Waals surface area contributed by atoms with Crippen molar-refractivity contribution < 1.29 is 9.32 Å². The zero-order valence-electron chi connectivity index (χ0n) is 9.82. The lowest BCUT2D eigenvalue weighted by atomic mass is 10.2. The summed E-state index contributed by atoms with van der Waals surface area (Å²) in [6.45, 7) is 4.99. The highest BCUT2D eigenvalue weighted by Gasteiger charge is 2.07. The molecule has 0 unspecified atom stereocenters. The van der Waals surface area contributed by atoms with Crippen molar-refractivity contribution in [3.8, 4) is 0 Å². The zero-order chi connectivity index (χ0) is 11.8. The van der Waals surface area contributed by atoms with E-state index in [0.29, 0.717) is 13.1 Å². The van der Waals surface area contributed by atoms with Gasteiger partial charge in [-0.05, 0) is 12.8 Å². The van der Waals surface area contributed by atoms with Crippen molar-refractivity contribution in [2.24, 2.45) is 0 Å². The van der Waals surface area contributed by atoms with Crippen molar-refractivity contribution in [2.45, 2.75) is 39.3 Å². The fourth-order valence-electron chi connectivity index (χ4n) is 1.40. The highest BCUT2D eigenvalue weighted by Crippen LogP contribution is 1.95. The lowest BCUT2D eigenvalue weighted by molar-refractivity contribution is -0.121. The molecule has 1 rings (SSSR count). The van der Waals surface area contributed by atoms with Crippen LogP contribution in [-0.2, 0) is 11.3 Å². The number of amides is 1. The average Bonchev–Trinajstić information content (AvgIpc) is 2.79. The van der Waals surface area contributed by atoms with Gasteiger partial charge in [-0.25, -0.2) is 0 Å². The molecule has 5 heteroatoms. The molecular formula is C11H19N3O2. The van der Waals surface area contributed by atoms with Crippen LogP contribution >= 0.6 is 0 Å². The van der Waals surface area contributed by atoms with E-state index in [0.717, 1.165) is 18.5 Å². The molecule has 0 radical (unpaired) electrons. The van der Waals surface area contributed by atoms with Gasteiger partial charge in [0.1, 0.15) is 6.26 Å². The summed E-state index contributed by atoms with van der Waals surface area (Å²) in [5.74, 6) is 0.0252. The molecule has 1 aromatic rings. The van der Waals surface area contributed by atoms with Crippen LogP contribution in [0, 0.1) is 0 Å². The van der Waals surface area contributed by atoms with E-state index < -0.39 is 0 Å². The maximum absolute atomic E-state index is 11.5. The third-order valence-electron chi connectivity index (χ3n) is 2.43. The third-order valence-corrected chi connectivity index (χ3v) is 2.43. The number of carbonyl (C=O) groups is 1. The number of nitrogens with zero attached hydrogens (tertiary/aromatic N) is 1. The van der Waals surface area contributed by atoms with Crippen LogP contribution in [0.15, 0.2) is 16.9 Å². The topological polar surface area (TPSA) is 67.2 Å². The smallest absolute Gasteiger partial charge is 0.234 e. The lowest BCUT2D eigenvalue weighted by Gasteiger charge is -2.14. The first-order valence-electron chi connectivity index (χ1n) is 5.65. The number of rotatable bonds is 7. The van der Waals surface area contributed by atoms with Crippen LogP contribution < -0.4 is 10.6 Å². The minimum Gasteiger partial charge on any atom is -0.364 e. The summed E-state index contributed by atoms with van der Waals surface area (Å²) in [5, 5.41) is 9.69. The zero-order valence-corrected chi connectivity index (χ0v) is 9.82. The van der Waals surface area contributed by atoms with Crippen molar-refractivity contribution in [1.82, 2.24) is 15.8 Å². The van der Waals surface area contributed by atoms with Crippen LogP contribution in [0.1, 0.15) is 32.4 Å². The molecule has 0 saturated heterocycles. The van der Waals surface area contributed by atoms with Crippen molar-refractivity contribution in [3.05, 3.63) is 18.0 Å². The molecule has 90 valence electrons. The molecule has 0 fully saturated rings. The molecule has 1 heterocycles. The monoisotopic (exact) mass is 225 g/mol. The van der Waals surface area contributed by atoms with Crippen LogP contribution in [-0.4, -0.2) is 23.7 Å². The second-order valence-corrected chi connectivity index (χ2v) is 3.68. The minimum atomic E-state index is 0.0252. The van der Waals surface area contributed by atoms with Gasteiger partial charge in [0, 0.05) is 18.7 Å². The van der Waals surface area contributed by atoms with E-state index in [1.807, 2.05) is 0 Å². The molecule has 0 bridgehead atoms. The van der Waals surface area contributed by atoms with E-state index in [1.54, 1.807) is 6.07 Å². The SMILES string of the molecule is CCC(CC)NC(=O)CNCc1ccon1. The summed E-state index contributed by atoms with van der Waals surface area (Å²) in [7, 11) is 0. The number of hydrogen-bond acceptors (Lipinski definition) is 4. The van der Waals surface area contributed by atoms with Gasteiger partial charge in [0.05, 0.1) is 12.2 Å². The Hall–Kier alpha value is -1.36. The largest absolute Gasteiger partial charge is 0.364 e. The molecule has 1 aromatic heterocycles. The highest BCUT2D eigenvalue weighted by molar-refractivity contribution is 5.78. The maximum atomic E-state index is 11.5. The van der Waals surface area contributed by atoms with Crippen molar-refractivity contribution >= 4 is 5.91 Å². The molecule has 0 aliphatic heterocycles. The standard InChI is InChI=1S/C11H19N3O2/c1-3-9(4-2)13-11(15)8-12-7-10-5-6-16-14-10/h5-6,9,12H,3-4,7-8H2,1-2H3,(H,13,15). The van der Waals surface area contributed by atoms with Crippen LogP contribution in [0.5, 0.6) is 0 Å². The third kappa shape index (κ3) is 4.44. The van der Waals surface area contributed by atoms with Gasteiger partial charge >= 0.3 is 0 Å². The molecule has 0 aromatic carbocycles. The Morgan fingerprint density at radius 2 is 2.25 bits per heavy atom. The van der Waals surface area contributed by atoms with Crippen molar-refractivity contribution in [2.75, 3.05) is 6.54 Å². The Morgan fingerprint density at radius 3 is 2.81 bits per heavy atom. The molecule has 16 heavy (non-hydrogen) atoms. The molecule has 0 spiro atoms. The van der Waals surface area contributed by atoms with Gasteiger partial charge in [-0.1, -0.05) is 19.0 Å². The fraction of sp³-hybridized carbons (Fsp3) is 0.636. The van der Waals surface area contributed by atoms with E-state index >= 15 is 0 Å². The van der Waals surface area contributed by atoms with Crippen molar-refractivity contribution in [3.63, 3.8) is 0 Å². The normalized spacial score (nSPS) is 10.7. The summed E-state index contributed by atoms with van der Waals surface area (Å²) >= 11 is 0. The number of hydrogen-bond donors (Lipinski definition) is 2. The fourth-order valence-corrected chi connectivity index (χ4v) is 1.40. The first kappa shape index (κ1) is 12.7. The van der Waals surface area contributed by atoms with Gasteiger partial charge < -0.3 is 15.2 Å². The van der Waals surface area contributed by atoms with Crippen LogP contribution in [0.3, 0.4) is 0 Å². The summed E-state index contributed by atoms with van der Waals surface area (Å²) in [5.41, 5.74) is 0.801. The quantitative estimate of drug-likeness (QED) is 0.728. The molecule has 2 N–H and O–H groups in total. The summed E-state index contributed by atoms with van der Waals surface area (Å²) in [6, 6.07) is 2.05. The van der Waals surface area contributed by atoms with E-state index in [9.17, 15) is 4.79 Å². The van der Waals surface area contributed by atoms with Crippen LogP contribution in [0.2, 0.25) is 0 Å². The summed E-state index contributed by atoms with van der Waals surface area (Å²) < 4.78 is 4.68. The number of aromatic nitrogens is 1. The van der Waals surface area contributed by atoms with Crippen molar-refractivity contribution in [1.29, 1.82) is 0 Å². The Kier molecular flexibility index (Phi) is 5.56. The molecular weight excluding hydrogens is 206 g/mol.